The van der Waals surface area contributed by atoms with Crippen LogP contribution in [0.25, 0.3) is 0 Å². The van der Waals surface area contributed by atoms with Crippen LogP contribution >= 0.6 is 31.9 Å². The first-order valence-corrected chi connectivity index (χ1v) is 9.11. The lowest BCUT2D eigenvalue weighted by Crippen LogP contribution is -2.13. The lowest BCUT2D eigenvalue weighted by Gasteiger charge is -2.15. The number of rotatable bonds is 7. The normalized spacial score (nSPS) is 10.3. The van der Waals surface area contributed by atoms with E-state index in [-0.39, 0.29) is 5.91 Å². The second-order valence-electron chi connectivity index (χ2n) is 5.17. The van der Waals surface area contributed by atoms with Crippen LogP contribution in [0.1, 0.15) is 12.0 Å². The van der Waals surface area contributed by atoms with Crippen LogP contribution in [0, 0.1) is 0 Å². The maximum absolute atomic E-state index is 12.3. The van der Waals surface area contributed by atoms with E-state index in [9.17, 15) is 4.79 Å². The molecule has 0 heterocycles. The third kappa shape index (κ3) is 4.89. The topological polar surface area (TPSA) is 56.8 Å². The maximum Gasteiger partial charge on any atom is 0.224 e. The molecule has 0 aliphatic rings. The summed E-state index contributed by atoms with van der Waals surface area (Å²) in [6.07, 6.45) is 0.831. The highest BCUT2D eigenvalue weighted by Gasteiger charge is 2.16. The Morgan fingerprint density at radius 2 is 1.72 bits per heavy atom. The van der Waals surface area contributed by atoms with Crippen LogP contribution in [0.3, 0.4) is 0 Å². The van der Waals surface area contributed by atoms with Crippen LogP contribution in [-0.4, -0.2) is 27.2 Å². The number of ether oxygens (including phenoxy) is 3. The van der Waals surface area contributed by atoms with Gasteiger partial charge in [-0.05, 0) is 52.2 Å². The summed E-state index contributed by atoms with van der Waals surface area (Å²) in [4.78, 5) is 12.3. The molecule has 0 bridgehead atoms. The lowest BCUT2D eigenvalue weighted by molar-refractivity contribution is -0.116. The predicted octanol–water partition coefficient (Wildman–Crippen LogP) is 4.81. The Bertz CT molecular complexity index is 765. The molecule has 0 unspecified atom stereocenters. The number of methoxy groups -OCH3 is 3. The first-order valence-electron chi connectivity index (χ1n) is 7.53. The molecular weight excluding hydrogens is 454 g/mol. The minimum Gasteiger partial charge on any atom is -0.493 e. The number of hydrogen-bond donors (Lipinski definition) is 1. The maximum atomic E-state index is 12.3. The van der Waals surface area contributed by atoms with Gasteiger partial charge in [0.05, 0.1) is 27.0 Å². The average molecular weight is 473 g/mol. The molecule has 134 valence electrons. The van der Waals surface area contributed by atoms with Crippen LogP contribution in [0.15, 0.2) is 39.3 Å². The van der Waals surface area contributed by atoms with Crippen molar-refractivity contribution in [3.63, 3.8) is 0 Å². The molecule has 0 aliphatic carbocycles. The Morgan fingerprint density at radius 3 is 2.32 bits per heavy atom. The number of carbonyl (C=O) groups excluding carboxylic acids is 1. The zero-order chi connectivity index (χ0) is 18.4. The van der Waals surface area contributed by atoms with Crippen molar-refractivity contribution in [2.24, 2.45) is 0 Å². The molecule has 2 aromatic rings. The first-order chi connectivity index (χ1) is 12.0. The van der Waals surface area contributed by atoms with E-state index in [1.165, 1.54) is 0 Å². The number of carbonyl (C=O) groups is 1. The highest BCUT2D eigenvalue weighted by molar-refractivity contribution is 9.11. The fourth-order valence-corrected chi connectivity index (χ4v) is 3.56. The second-order valence-corrected chi connectivity index (χ2v) is 6.94. The summed E-state index contributed by atoms with van der Waals surface area (Å²) in [6.45, 7) is 0. The number of amides is 1. The van der Waals surface area contributed by atoms with Gasteiger partial charge in [0.1, 0.15) is 0 Å². The highest BCUT2D eigenvalue weighted by atomic mass is 79.9. The molecule has 0 spiro atoms. The quantitative estimate of drug-likeness (QED) is 0.628. The van der Waals surface area contributed by atoms with Crippen LogP contribution in [0.4, 0.5) is 5.69 Å². The summed E-state index contributed by atoms with van der Waals surface area (Å²) in [5.41, 5.74) is 1.61. The largest absolute Gasteiger partial charge is 0.493 e. The summed E-state index contributed by atoms with van der Waals surface area (Å²) < 4.78 is 17.8. The van der Waals surface area contributed by atoms with E-state index in [0.717, 1.165) is 20.2 Å². The van der Waals surface area contributed by atoms with E-state index in [1.54, 1.807) is 27.4 Å². The molecule has 0 radical (unpaired) electrons. The van der Waals surface area contributed by atoms with Crippen LogP contribution in [0.2, 0.25) is 0 Å². The number of anilines is 1. The highest BCUT2D eigenvalue weighted by Crippen LogP contribution is 2.40. The molecule has 5 nitrogen and oxygen atoms in total. The van der Waals surface area contributed by atoms with Gasteiger partial charge in [0.2, 0.25) is 11.7 Å². The molecule has 25 heavy (non-hydrogen) atoms. The van der Waals surface area contributed by atoms with Crippen molar-refractivity contribution >= 4 is 43.5 Å². The summed E-state index contributed by atoms with van der Waals surface area (Å²) >= 11 is 6.82. The van der Waals surface area contributed by atoms with Gasteiger partial charge in [0.15, 0.2) is 11.5 Å². The van der Waals surface area contributed by atoms with Crippen molar-refractivity contribution in [1.82, 2.24) is 0 Å². The third-order valence-electron chi connectivity index (χ3n) is 3.61. The number of aryl methyl sites for hydroxylation is 1. The minimum atomic E-state index is -0.0835. The number of benzene rings is 2. The van der Waals surface area contributed by atoms with Crippen LogP contribution < -0.4 is 19.5 Å². The summed E-state index contributed by atoms with van der Waals surface area (Å²) in [6, 6.07) is 9.27. The predicted molar refractivity (Wildman–Crippen MR) is 105 cm³/mol. The standard InChI is InChI=1S/C18H19Br2NO4/c1-23-15-8-4-11(17(24-2)18(15)25-3)5-9-16(22)21-14-7-6-12(19)10-13(14)20/h4,6-8,10H,5,9H2,1-3H3,(H,21,22). The fraction of sp³-hybridized carbons (Fsp3) is 0.278. The van der Waals surface area contributed by atoms with Crippen molar-refractivity contribution in [1.29, 1.82) is 0 Å². The van der Waals surface area contributed by atoms with E-state index >= 15 is 0 Å². The zero-order valence-electron chi connectivity index (χ0n) is 14.2. The molecule has 1 amide bonds. The molecule has 1 N–H and O–H groups in total. The Balaban J connectivity index is 2.09. The molecule has 0 aliphatic heterocycles. The van der Waals surface area contributed by atoms with Gasteiger partial charge in [-0.2, -0.15) is 0 Å². The van der Waals surface area contributed by atoms with Crippen molar-refractivity contribution in [2.45, 2.75) is 12.8 Å². The van der Waals surface area contributed by atoms with Gasteiger partial charge in [0, 0.05) is 15.4 Å². The molecule has 2 aromatic carbocycles. The van der Waals surface area contributed by atoms with Gasteiger partial charge in [-0.15, -0.1) is 0 Å². The van der Waals surface area contributed by atoms with Crippen molar-refractivity contribution in [2.75, 3.05) is 26.6 Å². The van der Waals surface area contributed by atoms with Gasteiger partial charge >= 0.3 is 0 Å². The molecular formula is C18H19Br2NO4. The van der Waals surface area contributed by atoms with E-state index in [1.807, 2.05) is 24.3 Å². The van der Waals surface area contributed by atoms with Crippen molar-refractivity contribution in [3.8, 4) is 17.2 Å². The summed E-state index contributed by atoms with van der Waals surface area (Å²) in [5, 5.41) is 2.89. The number of nitrogens with one attached hydrogen (secondary N) is 1. The smallest absolute Gasteiger partial charge is 0.224 e. The third-order valence-corrected chi connectivity index (χ3v) is 4.76. The van der Waals surface area contributed by atoms with Gasteiger partial charge < -0.3 is 19.5 Å². The van der Waals surface area contributed by atoms with Crippen molar-refractivity contribution in [3.05, 3.63) is 44.8 Å². The average Bonchev–Trinajstić information content (AvgIpc) is 2.61. The number of halogens is 2. The molecule has 7 heteroatoms. The lowest BCUT2D eigenvalue weighted by atomic mass is 10.1. The van der Waals surface area contributed by atoms with E-state index < -0.39 is 0 Å². The molecule has 0 fully saturated rings. The van der Waals surface area contributed by atoms with Crippen LogP contribution in [0.5, 0.6) is 17.2 Å². The van der Waals surface area contributed by atoms with E-state index in [0.29, 0.717) is 30.1 Å². The van der Waals surface area contributed by atoms with Gasteiger partial charge in [-0.3, -0.25) is 4.79 Å². The first kappa shape index (κ1) is 19.6. The Labute approximate surface area is 163 Å². The molecule has 0 saturated carbocycles. The van der Waals surface area contributed by atoms with E-state index in [4.69, 9.17) is 14.2 Å². The van der Waals surface area contributed by atoms with E-state index in [2.05, 4.69) is 37.2 Å². The van der Waals surface area contributed by atoms with Crippen LogP contribution in [-0.2, 0) is 11.2 Å². The Morgan fingerprint density at radius 1 is 1.00 bits per heavy atom. The van der Waals surface area contributed by atoms with Crippen molar-refractivity contribution < 1.29 is 19.0 Å². The summed E-state index contributed by atoms with van der Waals surface area (Å²) in [7, 11) is 4.70. The Hall–Kier alpha value is -1.73. The minimum absolute atomic E-state index is 0.0835. The SMILES string of the molecule is COc1ccc(CCC(=O)Nc2ccc(Br)cc2Br)c(OC)c1OC. The monoisotopic (exact) mass is 471 g/mol. The molecule has 2 rings (SSSR count). The van der Waals surface area contributed by atoms with Gasteiger partial charge in [-0.1, -0.05) is 22.0 Å². The second kappa shape index (κ2) is 9.10. The number of hydrogen-bond acceptors (Lipinski definition) is 4. The summed E-state index contributed by atoms with van der Waals surface area (Å²) in [5.74, 6) is 1.62. The van der Waals surface area contributed by atoms with Gasteiger partial charge in [-0.25, -0.2) is 0 Å². The molecule has 0 saturated heterocycles. The Kier molecular flexibility index (Phi) is 7.13. The van der Waals surface area contributed by atoms with Gasteiger partial charge in [0.25, 0.3) is 0 Å². The fourth-order valence-electron chi connectivity index (χ4n) is 2.41. The zero-order valence-corrected chi connectivity index (χ0v) is 17.4. The molecule has 0 atom stereocenters. The molecule has 0 aromatic heterocycles.